The molecule has 28 heavy (non-hydrogen) atoms. The summed E-state index contributed by atoms with van der Waals surface area (Å²) < 4.78 is 5.15. The Morgan fingerprint density at radius 2 is 1.46 bits per heavy atom. The van der Waals surface area contributed by atoms with E-state index in [4.69, 9.17) is 4.74 Å². The zero-order valence-corrected chi connectivity index (χ0v) is 15.9. The van der Waals surface area contributed by atoms with Crippen LogP contribution in [-0.2, 0) is 0 Å². The number of hydrogen-bond acceptors (Lipinski definition) is 4. The van der Waals surface area contributed by atoms with Crippen molar-refractivity contribution in [3.05, 3.63) is 83.2 Å². The lowest BCUT2D eigenvalue weighted by atomic mass is 10.1. The van der Waals surface area contributed by atoms with Crippen LogP contribution in [0.4, 0.5) is 11.4 Å². The van der Waals surface area contributed by atoms with E-state index < -0.39 is 0 Å². The molecular weight excluding hydrogens is 354 g/mol. The fourth-order valence-electron chi connectivity index (χ4n) is 2.79. The number of rotatable bonds is 5. The van der Waals surface area contributed by atoms with Crippen LogP contribution in [0.3, 0.4) is 0 Å². The molecule has 0 aliphatic rings. The van der Waals surface area contributed by atoms with Gasteiger partial charge in [0, 0.05) is 29.8 Å². The number of benzene rings is 2. The maximum atomic E-state index is 12.6. The molecule has 2 N–H and O–H groups in total. The van der Waals surface area contributed by atoms with E-state index in [0.717, 1.165) is 16.8 Å². The molecule has 2 amide bonds. The second-order valence-electron chi connectivity index (χ2n) is 6.37. The molecule has 0 unspecified atom stereocenters. The number of carbonyl (C=O) groups excluding carboxylic acids is 2. The van der Waals surface area contributed by atoms with Gasteiger partial charge in [0.05, 0.1) is 18.2 Å². The van der Waals surface area contributed by atoms with Crippen LogP contribution in [0.2, 0.25) is 0 Å². The van der Waals surface area contributed by atoms with Crippen molar-refractivity contribution in [2.24, 2.45) is 0 Å². The SMILES string of the molecule is COc1cccc(NC(=O)c2cncc(C(=O)Nc3c(C)cccc3C)c2)c1. The van der Waals surface area contributed by atoms with Gasteiger partial charge in [0.15, 0.2) is 0 Å². The van der Waals surface area contributed by atoms with E-state index in [9.17, 15) is 9.59 Å². The Labute approximate surface area is 163 Å². The Hall–Kier alpha value is -3.67. The van der Waals surface area contributed by atoms with Gasteiger partial charge in [-0.3, -0.25) is 14.6 Å². The van der Waals surface area contributed by atoms with Crippen molar-refractivity contribution in [1.29, 1.82) is 0 Å². The Morgan fingerprint density at radius 3 is 2.11 bits per heavy atom. The maximum Gasteiger partial charge on any atom is 0.257 e. The molecule has 0 fully saturated rings. The third kappa shape index (κ3) is 4.35. The number of pyridine rings is 1. The number of hydrogen-bond donors (Lipinski definition) is 2. The summed E-state index contributed by atoms with van der Waals surface area (Å²) in [4.78, 5) is 29.2. The first-order valence-corrected chi connectivity index (χ1v) is 8.76. The number of amides is 2. The van der Waals surface area contributed by atoms with Crippen molar-refractivity contribution >= 4 is 23.2 Å². The summed E-state index contributed by atoms with van der Waals surface area (Å²) in [5.41, 5.74) is 3.88. The van der Waals surface area contributed by atoms with Gasteiger partial charge in [0.25, 0.3) is 11.8 Å². The number of nitrogens with zero attached hydrogens (tertiary/aromatic N) is 1. The Balaban J connectivity index is 1.77. The quantitative estimate of drug-likeness (QED) is 0.700. The van der Waals surface area contributed by atoms with Crippen LogP contribution in [0.25, 0.3) is 0 Å². The number of nitrogens with one attached hydrogen (secondary N) is 2. The summed E-state index contributed by atoms with van der Waals surface area (Å²) >= 11 is 0. The van der Waals surface area contributed by atoms with Gasteiger partial charge in [-0.1, -0.05) is 24.3 Å². The molecule has 0 atom stereocenters. The van der Waals surface area contributed by atoms with Crippen LogP contribution in [0, 0.1) is 13.8 Å². The highest BCUT2D eigenvalue weighted by Crippen LogP contribution is 2.21. The van der Waals surface area contributed by atoms with Crippen molar-refractivity contribution in [3.8, 4) is 5.75 Å². The van der Waals surface area contributed by atoms with Gasteiger partial charge in [0.2, 0.25) is 0 Å². The maximum absolute atomic E-state index is 12.6. The second-order valence-corrected chi connectivity index (χ2v) is 6.37. The zero-order valence-electron chi connectivity index (χ0n) is 15.9. The number of aryl methyl sites for hydroxylation is 2. The first-order chi connectivity index (χ1) is 13.5. The standard InChI is InChI=1S/C22H21N3O3/c1-14-6-4-7-15(2)20(14)25-22(27)17-10-16(12-23-13-17)21(26)24-18-8-5-9-19(11-18)28-3/h4-13H,1-3H3,(H,24,26)(H,25,27). The minimum atomic E-state index is -0.359. The van der Waals surface area contributed by atoms with Crippen molar-refractivity contribution in [2.75, 3.05) is 17.7 Å². The number of carbonyl (C=O) groups is 2. The summed E-state index contributed by atoms with van der Waals surface area (Å²) in [6, 6.07) is 14.3. The second kappa shape index (κ2) is 8.35. The topological polar surface area (TPSA) is 80.3 Å². The van der Waals surface area contributed by atoms with Gasteiger partial charge in [-0.15, -0.1) is 0 Å². The molecule has 0 saturated carbocycles. The summed E-state index contributed by atoms with van der Waals surface area (Å²) in [5.74, 6) is -0.0407. The highest BCUT2D eigenvalue weighted by Gasteiger charge is 2.14. The van der Waals surface area contributed by atoms with Gasteiger partial charge < -0.3 is 15.4 Å². The highest BCUT2D eigenvalue weighted by atomic mass is 16.5. The molecule has 3 rings (SSSR count). The lowest BCUT2D eigenvalue weighted by molar-refractivity contribution is 0.102. The Kier molecular flexibility index (Phi) is 5.69. The van der Waals surface area contributed by atoms with Gasteiger partial charge in [-0.2, -0.15) is 0 Å². The zero-order chi connectivity index (χ0) is 20.1. The minimum Gasteiger partial charge on any atom is -0.497 e. The third-order valence-corrected chi connectivity index (χ3v) is 4.31. The fraction of sp³-hybridized carbons (Fsp3) is 0.136. The van der Waals surface area contributed by atoms with Crippen LogP contribution in [-0.4, -0.2) is 23.9 Å². The summed E-state index contributed by atoms with van der Waals surface area (Å²) in [7, 11) is 1.56. The van der Waals surface area contributed by atoms with Crippen LogP contribution in [0.1, 0.15) is 31.8 Å². The fourth-order valence-corrected chi connectivity index (χ4v) is 2.79. The van der Waals surface area contributed by atoms with Gasteiger partial charge >= 0.3 is 0 Å². The molecule has 0 aliphatic heterocycles. The number of para-hydroxylation sites is 1. The van der Waals surface area contributed by atoms with E-state index in [1.807, 2.05) is 32.0 Å². The molecule has 1 heterocycles. The molecule has 1 aromatic heterocycles. The van der Waals surface area contributed by atoms with E-state index in [0.29, 0.717) is 17.0 Å². The van der Waals surface area contributed by atoms with E-state index in [1.165, 1.54) is 18.5 Å². The Morgan fingerprint density at radius 1 is 0.857 bits per heavy atom. The summed E-state index contributed by atoms with van der Waals surface area (Å²) in [6.07, 6.45) is 2.86. The first-order valence-electron chi connectivity index (χ1n) is 8.76. The predicted octanol–water partition coefficient (Wildman–Crippen LogP) is 4.21. The summed E-state index contributed by atoms with van der Waals surface area (Å²) in [5, 5.41) is 5.67. The normalized spacial score (nSPS) is 10.2. The molecule has 6 heteroatoms. The smallest absolute Gasteiger partial charge is 0.257 e. The number of methoxy groups -OCH3 is 1. The predicted molar refractivity (Wildman–Crippen MR) is 109 cm³/mol. The number of ether oxygens (including phenoxy) is 1. The minimum absolute atomic E-state index is 0.289. The van der Waals surface area contributed by atoms with Crippen LogP contribution < -0.4 is 15.4 Å². The van der Waals surface area contributed by atoms with Crippen LogP contribution >= 0.6 is 0 Å². The van der Waals surface area contributed by atoms with Crippen molar-refractivity contribution in [2.45, 2.75) is 13.8 Å². The molecule has 142 valence electrons. The van der Waals surface area contributed by atoms with Gasteiger partial charge in [0.1, 0.15) is 5.75 Å². The van der Waals surface area contributed by atoms with Gasteiger partial charge in [-0.25, -0.2) is 0 Å². The summed E-state index contributed by atoms with van der Waals surface area (Å²) in [6.45, 7) is 3.86. The van der Waals surface area contributed by atoms with Crippen molar-refractivity contribution in [3.63, 3.8) is 0 Å². The highest BCUT2D eigenvalue weighted by molar-refractivity contribution is 6.08. The van der Waals surface area contributed by atoms with Crippen molar-refractivity contribution < 1.29 is 14.3 Å². The van der Waals surface area contributed by atoms with E-state index in [-0.39, 0.29) is 17.4 Å². The molecule has 3 aromatic rings. The van der Waals surface area contributed by atoms with E-state index in [2.05, 4.69) is 15.6 Å². The Bertz CT molecular complexity index is 1010. The number of aromatic nitrogens is 1. The third-order valence-electron chi connectivity index (χ3n) is 4.31. The van der Waals surface area contributed by atoms with Crippen molar-refractivity contribution in [1.82, 2.24) is 4.98 Å². The molecule has 0 saturated heterocycles. The average molecular weight is 375 g/mol. The van der Waals surface area contributed by atoms with Gasteiger partial charge in [-0.05, 0) is 43.2 Å². The van der Waals surface area contributed by atoms with Crippen LogP contribution in [0.15, 0.2) is 60.9 Å². The molecule has 6 nitrogen and oxygen atoms in total. The van der Waals surface area contributed by atoms with E-state index >= 15 is 0 Å². The largest absolute Gasteiger partial charge is 0.497 e. The lowest BCUT2D eigenvalue weighted by Crippen LogP contribution is -2.17. The monoisotopic (exact) mass is 375 g/mol. The average Bonchev–Trinajstić information content (AvgIpc) is 2.71. The molecular formula is C22H21N3O3. The lowest BCUT2D eigenvalue weighted by Gasteiger charge is -2.12. The molecule has 0 aliphatic carbocycles. The number of anilines is 2. The van der Waals surface area contributed by atoms with E-state index in [1.54, 1.807) is 31.4 Å². The molecule has 2 aromatic carbocycles. The first kappa shape index (κ1) is 19.1. The molecule has 0 radical (unpaired) electrons. The molecule has 0 spiro atoms. The molecule has 0 bridgehead atoms. The van der Waals surface area contributed by atoms with Crippen LogP contribution in [0.5, 0.6) is 5.75 Å².